The second kappa shape index (κ2) is 13.4. The number of nitro groups is 1. The van der Waals surface area contributed by atoms with Gasteiger partial charge in [0, 0.05) is 48.0 Å². The van der Waals surface area contributed by atoms with Gasteiger partial charge in [0.05, 0.1) is 29.8 Å². The van der Waals surface area contributed by atoms with Crippen LogP contribution in [0.4, 0.5) is 39.4 Å². The van der Waals surface area contributed by atoms with Crippen LogP contribution in [0.2, 0.25) is 0 Å². The number of carboxylic acids is 1. The summed E-state index contributed by atoms with van der Waals surface area (Å²) in [5.74, 6) is -4.36. The first-order valence-corrected chi connectivity index (χ1v) is 12.7. The lowest BCUT2D eigenvalue weighted by Gasteiger charge is -2.29. The van der Waals surface area contributed by atoms with Crippen LogP contribution in [0.5, 0.6) is 5.88 Å². The summed E-state index contributed by atoms with van der Waals surface area (Å²) in [4.78, 5) is 41.0. The Morgan fingerprint density at radius 1 is 1.12 bits per heavy atom. The molecule has 1 aromatic heterocycles. The summed E-state index contributed by atoms with van der Waals surface area (Å²) >= 11 is 0. The zero-order valence-corrected chi connectivity index (χ0v) is 23.5. The van der Waals surface area contributed by atoms with E-state index in [2.05, 4.69) is 10.3 Å². The van der Waals surface area contributed by atoms with Crippen LogP contribution in [-0.2, 0) is 17.7 Å². The Labute approximate surface area is 243 Å². The van der Waals surface area contributed by atoms with Crippen LogP contribution in [0.1, 0.15) is 54.4 Å². The van der Waals surface area contributed by atoms with E-state index < -0.39 is 64.0 Å². The Morgan fingerprint density at radius 3 is 2.37 bits per heavy atom. The first kappa shape index (κ1) is 32.6. The van der Waals surface area contributed by atoms with E-state index in [1.807, 2.05) is 0 Å². The van der Waals surface area contributed by atoms with Crippen LogP contribution >= 0.6 is 0 Å². The van der Waals surface area contributed by atoms with Gasteiger partial charge in [-0.2, -0.15) is 0 Å². The first-order chi connectivity index (χ1) is 20.1. The fourth-order valence-corrected chi connectivity index (χ4v) is 4.01. The Balaban J connectivity index is 2.08. The maximum absolute atomic E-state index is 14.2. The van der Waals surface area contributed by atoms with Gasteiger partial charge in [-0.05, 0) is 32.9 Å². The van der Waals surface area contributed by atoms with Crippen molar-refractivity contribution in [3.05, 3.63) is 86.6 Å². The number of amides is 1. The lowest BCUT2D eigenvalue weighted by atomic mass is 10.0. The number of nitrogens with zero attached hydrogens (tertiary/aromatic N) is 3. The number of aromatic carboxylic acids is 1. The molecule has 2 N–H and O–H groups in total. The second-order valence-corrected chi connectivity index (χ2v) is 10.1. The predicted octanol–water partition coefficient (Wildman–Crippen LogP) is 6.64. The van der Waals surface area contributed by atoms with Crippen molar-refractivity contribution < 1.29 is 46.7 Å². The summed E-state index contributed by atoms with van der Waals surface area (Å²) in [6.45, 7) is 3.89. The number of pyridine rings is 1. The van der Waals surface area contributed by atoms with E-state index in [0.29, 0.717) is 12.1 Å². The largest absolute Gasteiger partial charge is 0.481 e. The molecule has 0 fully saturated rings. The number of carboxylic acid groups (broad SMARTS) is 1. The van der Waals surface area contributed by atoms with Gasteiger partial charge in [0.25, 0.3) is 12.1 Å². The Bertz CT molecular complexity index is 1530. The summed E-state index contributed by atoms with van der Waals surface area (Å²) in [7, 11) is 1.31. The highest BCUT2D eigenvalue weighted by Crippen LogP contribution is 2.34. The van der Waals surface area contributed by atoms with Crippen LogP contribution in [0.25, 0.3) is 0 Å². The fourth-order valence-electron chi connectivity index (χ4n) is 4.01. The van der Waals surface area contributed by atoms with E-state index >= 15 is 0 Å². The van der Waals surface area contributed by atoms with E-state index in [-0.39, 0.29) is 41.5 Å². The minimum absolute atomic E-state index is 0.0497. The number of nitrogens with one attached hydrogen (secondary N) is 1. The fraction of sp³-hybridized carbons (Fsp3) is 0.321. The van der Waals surface area contributed by atoms with Crippen LogP contribution < -0.4 is 10.1 Å². The standard InChI is InChI=1S/C28H28F4N4O7/c1-28(2,3)43-27(39)35(11-10-21-23(36(40)41)8-9-24(34-21)42-4)14-17-15(25(31)32)6-5-7-20(17)33-22-13-19(30)18(29)12-16(22)26(37)38/h5-9,12-13,25,33H,10-11,14H2,1-4H3,(H,37,38). The van der Waals surface area contributed by atoms with E-state index in [9.17, 15) is 42.4 Å². The summed E-state index contributed by atoms with van der Waals surface area (Å²) in [5, 5.41) is 23.6. The molecule has 3 rings (SSSR count). The molecule has 43 heavy (non-hydrogen) atoms. The smallest absolute Gasteiger partial charge is 0.410 e. The van der Waals surface area contributed by atoms with Crippen molar-refractivity contribution in [2.75, 3.05) is 19.0 Å². The van der Waals surface area contributed by atoms with Crippen LogP contribution in [0.15, 0.2) is 42.5 Å². The highest BCUT2D eigenvalue weighted by Gasteiger charge is 2.28. The molecule has 0 aliphatic rings. The molecule has 0 atom stereocenters. The van der Waals surface area contributed by atoms with Crippen LogP contribution in [0.3, 0.4) is 0 Å². The Morgan fingerprint density at radius 2 is 1.79 bits per heavy atom. The van der Waals surface area contributed by atoms with E-state index in [1.54, 1.807) is 20.8 Å². The third kappa shape index (κ3) is 8.30. The number of aromatic nitrogens is 1. The molecule has 0 aliphatic carbocycles. The summed E-state index contributed by atoms with van der Waals surface area (Å²) in [6, 6.07) is 7.07. The topological polar surface area (TPSA) is 144 Å². The number of benzene rings is 2. The predicted molar refractivity (Wildman–Crippen MR) is 146 cm³/mol. The normalized spacial score (nSPS) is 11.3. The van der Waals surface area contributed by atoms with Gasteiger partial charge in [-0.25, -0.2) is 32.1 Å². The minimum atomic E-state index is -3.07. The van der Waals surface area contributed by atoms with Crippen molar-refractivity contribution in [1.82, 2.24) is 9.88 Å². The average molecular weight is 609 g/mol. The number of carbonyl (C=O) groups excluding carboxylic acids is 1. The maximum atomic E-state index is 14.2. The molecule has 2 aromatic carbocycles. The molecule has 3 aromatic rings. The minimum Gasteiger partial charge on any atom is -0.481 e. The number of rotatable bonds is 11. The molecule has 0 unspecified atom stereocenters. The molecule has 1 heterocycles. The number of alkyl halides is 2. The Hall–Kier alpha value is -4.95. The molecule has 0 radical (unpaired) electrons. The molecule has 0 saturated carbocycles. The van der Waals surface area contributed by atoms with Crippen molar-refractivity contribution in [3.8, 4) is 5.88 Å². The quantitative estimate of drug-likeness (QED) is 0.139. The number of anilines is 2. The summed E-state index contributed by atoms with van der Waals surface area (Å²) in [5.41, 5.74) is -3.41. The molecule has 0 bridgehead atoms. The Kier molecular flexibility index (Phi) is 10.1. The van der Waals surface area contributed by atoms with E-state index in [0.717, 1.165) is 11.0 Å². The molecule has 1 amide bonds. The van der Waals surface area contributed by atoms with Crippen molar-refractivity contribution in [2.24, 2.45) is 0 Å². The lowest BCUT2D eigenvalue weighted by Crippen LogP contribution is -2.38. The van der Waals surface area contributed by atoms with Gasteiger partial charge in [0.2, 0.25) is 5.88 Å². The number of halogens is 4. The number of hydrogen-bond acceptors (Lipinski definition) is 8. The second-order valence-electron chi connectivity index (χ2n) is 10.1. The van der Waals surface area contributed by atoms with Gasteiger partial charge >= 0.3 is 12.1 Å². The van der Waals surface area contributed by atoms with Crippen molar-refractivity contribution >= 4 is 29.1 Å². The zero-order chi connectivity index (χ0) is 32.1. The van der Waals surface area contributed by atoms with Gasteiger partial charge in [-0.3, -0.25) is 10.1 Å². The molecular weight excluding hydrogens is 580 g/mol. The van der Waals surface area contributed by atoms with Gasteiger partial charge in [0.15, 0.2) is 11.6 Å². The maximum Gasteiger partial charge on any atom is 0.410 e. The molecule has 11 nitrogen and oxygen atoms in total. The monoisotopic (exact) mass is 608 g/mol. The van der Waals surface area contributed by atoms with Crippen LogP contribution in [-0.4, -0.2) is 51.2 Å². The zero-order valence-electron chi connectivity index (χ0n) is 23.5. The average Bonchev–Trinajstić information content (AvgIpc) is 2.91. The van der Waals surface area contributed by atoms with Crippen molar-refractivity contribution in [2.45, 2.75) is 45.8 Å². The summed E-state index contributed by atoms with van der Waals surface area (Å²) in [6.07, 6.45) is -4.23. The van der Waals surface area contributed by atoms with Crippen molar-refractivity contribution in [3.63, 3.8) is 0 Å². The molecule has 0 aliphatic heterocycles. The third-order valence-corrected chi connectivity index (χ3v) is 5.96. The molecule has 0 saturated heterocycles. The number of hydrogen-bond donors (Lipinski definition) is 2. The number of ether oxygens (including phenoxy) is 2. The van der Waals surface area contributed by atoms with Gasteiger partial charge in [-0.15, -0.1) is 0 Å². The van der Waals surface area contributed by atoms with Gasteiger partial charge in [0.1, 0.15) is 11.3 Å². The van der Waals surface area contributed by atoms with Gasteiger partial charge in [-0.1, -0.05) is 12.1 Å². The van der Waals surface area contributed by atoms with E-state index in [4.69, 9.17) is 9.47 Å². The molecular formula is C28H28F4N4O7. The lowest BCUT2D eigenvalue weighted by molar-refractivity contribution is -0.386. The van der Waals surface area contributed by atoms with E-state index in [1.165, 1.54) is 31.4 Å². The number of methoxy groups -OCH3 is 1. The van der Waals surface area contributed by atoms with Crippen LogP contribution in [0, 0.1) is 21.7 Å². The highest BCUT2D eigenvalue weighted by atomic mass is 19.3. The van der Waals surface area contributed by atoms with Crippen molar-refractivity contribution in [1.29, 1.82) is 0 Å². The SMILES string of the molecule is COc1ccc([N+](=O)[O-])c(CCN(Cc2c(Nc3cc(F)c(F)cc3C(=O)O)cccc2C(F)F)C(=O)OC(C)(C)C)n1. The first-order valence-electron chi connectivity index (χ1n) is 12.7. The molecule has 0 spiro atoms. The third-order valence-electron chi connectivity index (χ3n) is 5.96. The molecule has 230 valence electrons. The van der Waals surface area contributed by atoms with Gasteiger partial charge < -0.3 is 24.8 Å². The summed E-state index contributed by atoms with van der Waals surface area (Å²) < 4.78 is 66.7. The number of carbonyl (C=O) groups is 2. The highest BCUT2D eigenvalue weighted by molar-refractivity contribution is 5.95. The molecule has 15 heteroatoms.